The van der Waals surface area contributed by atoms with E-state index in [-0.39, 0.29) is 11.5 Å². The number of carboxylic acids is 1. The van der Waals surface area contributed by atoms with Gasteiger partial charge in [0.05, 0.1) is 0 Å². The van der Waals surface area contributed by atoms with Crippen molar-refractivity contribution >= 4 is 22.0 Å². The summed E-state index contributed by atoms with van der Waals surface area (Å²) in [6.45, 7) is 5.04. The number of anilines is 1. The van der Waals surface area contributed by atoms with Crippen molar-refractivity contribution in [2.24, 2.45) is 0 Å². The number of nitrogens with zero attached hydrogens (tertiary/aromatic N) is 1. The largest absolute Gasteiger partial charge is 0.477 e. The van der Waals surface area contributed by atoms with Crippen LogP contribution in [0.1, 0.15) is 31.3 Å². The molecule has 0 aliphatic heterocycles. The van der Waals surface area contributed by atoms with Gasteiger partial charge in [0, 0.05) is 11.6 Å². The molecule has 17 heavy (non-hydrogen) atoms. The molecule has 1 aromatic rings. The van der Waals surface area contributed by atoms with Gasteiger partial charge in [0.15, 0.2) is 5.82 Å². The lowest BCUT2D eigenvalue weighted by molar-refractivity contribution is 0.0690. The van der Waals surface area contributed by atoms with Crippen LogP contribution in [0.4, 0.5) is 5.82 Å². The molecule has 0 aliphatic rings. The highest BCUT2D eigenvalue weighted by Crippen LogP contribution is 2.09. The van der Waals surface area contributed by atoms with Gasteiger partial charge in [-0.3, -0.25) is 9.82 Å². The molecule has 0 saturated carbocycles. The number of aromatic amines is 1. The van der Waals surface area contributed by atoms with Crippen LogP contribution in [-0.4, -0.2) is 35.2 Å². The second kappa shape index (κ2) is 4.34. The van der Waals surface area contributed by atoms with E-state index in [1.807, 2.05) is 0 Å². The summed E-state index contributed by atoms with van der Waals surface area (Å²) in [5, 5.41) is 14.3. The van der Waals surface area contributed by atoms with E-state index in [4.69, 9.17) is 5.11 Å². The van der Waals surface area contributed by atoms with Crippen LogP contribution in [0.2, 0.25) is 0 Å². The summed E-state index contributed by atoms with van der Waals surface area (Å²) in [7, 11) is -3.78. The second-order valence-corrected chi connectivity index (χ2v) is 5.84. The Labute approximate surface area is 98.6 Å². The van der Waals surface area contributed by atoms with Crippen LogP contribution in [-0.2, 0) is 10.2 Å². The van der Waals surface area contributed by atoms with E-state index in [1.54, 1.807) is 20.8 Å². The van der Waals surface area contributed by atoms with Crippen LogP contribution >= 0.6 is 0 Å². The van der Waals surface area contributed by atoms with Gasteiger partial charge in [0.2, 0.25) is 0 Å². The Bertz CT molecular complexity index is 514. The third-order valence-corrected chi connectivity index (χ3v) is 2.85. The summed E-state index contributed by atoms with van der Waals surface area (Å²) in [4.78, 5) is 10.5. The maximum absolute atomic E-state index is 11.6. The normalized spacial score (nSPS) is 12.4. The molecule has 0 aromatic carbocycles. The molecule has 96 valence electrons. The zero-order valence-electron chi connectivity index (χ0n) is 9.60. The SMILES string of the molecule is CC(C)(C)NS(=O)(=O)Nc1cc(C(=O)O)[nH]n1. The Morgan fingerprint density at radius 2 is 2.06 bits per heavy atom. The zero-order valence-corrected chi connectivity index (χ0v) is 10.4. The summed E-state index contributed by atoms with van der Waals surface area (Å²) < 4.78 is 27.6. The van der Waals surface area contributed by atoms with E-state index in [0.717, 1.165) is 6.07 Å². The van der Waals surface area contributed by atoms with E-state index in [1.165, 1.54) is 0 Å². The fourth-order valence-corrected chi connectivity index (χ4v) is 2.29. The van der Waals surface area contributed by atoms with Crippen LogP contribution in [0.25, 0.3) is 0 Å². The maximum atomic E-state index is 11.6. The van der Waals surface area contributed by atoms with Gasteiger partial charge in [-0.1, -0.05) is 0 Å². The third kappa shape index (κ3) is 4.41. The number of hydrogen-bond donors (Lipinski definition) is 4. The van der Waals surface area contributed by atoms with Crippen LogP contribution in [0.5, 0.6) is 0 Å². The molecule has 0 fully saturated rings. The first kappa shape index (κ1) is 13.5. The van der Waals surface area contributed by atoms with Gasteiger partial charge in [-0.2, -0.15) is 18.2 Å². The number of carbonyl (C=O) groups is 1. The topological polar surface area (TPSA) is 124 Å². The number of aromatic nitrogens is 2. The van der Waals surface area contributed by atoms with Crippen molar-refractivity contribution in [2.75, 3.05) is 4.72 Å². The average Bonchev–Trinajstić information content (AvgIpc) is 2.46. The van der Waals surface area contributed by atoms with Crippen LogP contribution < -0.4 is 9.44 Å². The van der Waals surface area contributed by atoms with Crippen molar-refractivity contribution in [2.45, 2.75) is 26.3 Å². The molecule has 0 atom stereocenters. The quantitative estimate of drug-likeness (QED) is 0.615. The summed E-state index contributed by atoms with van der Waals surface area (Å²) in [5.74, 6) is -1.30. The molecule has 1 aromatic heterocycles. The van der Waals surface area contributed by atoms with E-state index in [2.05, 4.69) is 19.6 Å². The Morgan fingerprint density at radius 1 is 1.47 bits per heavy atom. The summed E-state index contributed by atoms with van der Waals surface area (Å²) in [5.41, 5.74) is -0.837. The van der Waals surface area contributed by atoms with Gasteiger partial charge >= 0.3 is 16.2 Å². The predicted octanol–water partition coefficient (Wildman–Crippen LogP) is 0.153. The van der Waals surface area contributed by atoms with Crippen molar-refractivity contribution in [3.63, 3.8) is 0 Å². The van der Waals surface area contributed by atoms with Crippen molar-refractivity contribution in [3.05, 3.63) is 11.8 Å². The Balaban J connectivity index is 2.80. The van der Waals surface area contributed by atoms with Crippen molar-refractivity contribution in [1.82, 2.24) is 14.9 Å². The van der Waals surface area contributed by atoms with Gasteiger partial charge in [0.1, 0.15) is 5.69 Å². The summed E-state index contributed by atoms with van der Waals surface area (Å²) in [6, 6.07) is 1.09. The van der Waals surface area contributed by atoms with E-state index >= 15 is 0 Å². The molecule has 8 nitrogen and oxygen atoms in total. The Hall–Kier alpha value is -1.61. The number of carboxylic acid groups (broad SMARTS) is 1. The van der Waals surface area contributed by atoms with Gasteiger partial charge in [-0.25, -0.2) is 4.79 Å². The van der Waals surface area contributed by atoms with E-state index < -0.39 is 21.7 Å². The van der Waals surface area contributed by atoms with Gasteiger partial charge in [-0.15, -0.1) is 0 Å². The second-order valence-electron chi connectivity index (χ2n) is 4.43. The number of nitrogens with one attached hydrogen (secondary N) is 3. The monoisotopic (exact) mass is 262 g/mol. The summed E-state index contributed by atoms with van der Waals surface area (Å²) in [6.07, 6.45) is 0. The fourth-order valence-electron chi connectivity index (χ4n) is 1.05. The third-order valence-electron chi connectivity index (χ3n) is 1.49. The number of aromatic carboxylic acids is 1. The highest BCUT2D eigenvalue weighted by Gasteiger charge is 2.21. The minimum absolute atomic E-state index is 0.0841. The molecule has 9 heteroatoms. The van der Waals surface area contributed by atoms with E-state index in [0.29, 0.717) is 0 Å². The number of rotatable bonds is 4. The van der Waals surface area contributed by atoms with Crippen molar-refractivity contribution in [1.29, 1.82) is 0 Å². The van der Waals surface area contributed by atoms with Crippen LogP contribution in [0.3, 0.4) is 0 Å². The first-order valence-electron chi connectivity index (χ1n) is 4.69. The maximum Gasteiger partial charge on any atom is 0.353 e. The smallest absolute Gasteiger partial charge is 0.353 e. The lowest BCUT2D eigenvalue weighted by Gasteiger charge is -2.20. The molecule has 1 heterocycles. The summed E-state index contributed by atoms with van der Waals surface area (Å²) >= 11 is 0. The lowest BCUT2D eigenvalue weighted by Crippen LogP contribution is -2.43. The number of H-pyrrole nitrogens is 1. The van der Waals surface area contributed by atoms with Gasteiger partial charge in [0.25, 0.3) is 0 Å². The standard InChI is InChI=1S/C8H14N4O4S/c1-8(2,3)12-17(15,16)11-6-4-5(7(13)14)9-10-6/h4,12H,1-3H3,(H,13,14)(H2,9,10,11). The predicted molar refractivity (Wildman–Crippen MR) is 61.0 cm³/mol. The molecule has 0 aliphatic carbocycles. The molecule has 1 rings (SSSR count). The van der Waals surface area contributed by atoms with Crippen LogP contribution in [0, 0.1) is 0 Å². The molecule has 0 spiro atoms. The van der Waals surface area contributed by atoms with Crippen molar-refractivity contribution in [3.8, 4) is 0 Å². The highest BCUT2D eigenvalue weighted by molar-refractivity contribution is 7.90. The molecule has 0 bridgehead atoms. The van der Waals surface area contributed by atoms with Gasteiger partial charge < -0.3 is 5.11 Å². The van der Waals surface area contributed by atoms with E-state index in [9.17, 15) is 13.2 Å². The first-order valence-corrected chi connectivity index (χ1v) is 6.18. The molecule has 0 amide bonds. The first-order chi connectivity index (χ1) is 7.59. The molecular formula is C8H14N4O4S. The average molecular weight is 262 g/mol. The minimum Gasteiger partial charge on any atom is -0.477 e. The molecule has 0 radical (unpaired) electrons. The Kier molecular flexibility index (Phi) is 3.43. The van der Waals surface area contributed by atoms with Gasteiger partial charge in [-0.05, 0) is 20.8 Å². The fraction of sp³-hybridized carbons (Fsp3) is 0.500. The molecule has 0 unspecified atom stereocenters. The molecule has 4 N–H and O–H groups in total. The van der Waals surface area contributed by atoms with Crippen LogP contribution in [0.15, 0.2) is 6.07 Å². The Morgan fingerprint density at radius 3 is 2.47 bits per heavy atom. The zero-order chi connectivity index (χ0) is 13.3. The molecule has 0 saturated heterocycles. The number of hydrogen-bond acceptors (Lipinski definition) is 4. The minimum atomic E-state index is -3.78. The van der Waals surface area contributed by atoms with Crippen molar-refractivity contribution < 1.29 is 18.3 Å². The lowest BCUT2D eigenvalue weighted by atomic mass is 10.1. The molecular weight excluding hydrogens is 248 g/mol. The highest BCUT2D eigenvalue weighted by atomic mass is 32.2.